The van der Waals surface area contributed by atoms with Gasteiger partial charge in [0.15, 0.2) is 0 Å². The van der Waals surface area contributed by atoms with E-state index in [-0.39, 0.29) is 30.5 Å². The first-order valence-electron chi connectivity index (χ1n) is 16.8. The fraction of sp³-hybridized carbons (Fsp3) is 0.421. The number of urea groups is 1. The molecule has 3 aromatic carbocycles. The highest BCUT2D eigenvalue weighted by Gasteiger charge is 2.40. The lowest BCUT2D eigenvalue weighted by Crippen LogP contribution is -2.55. The number of esters is 1. The summed E-state index contributed by atoms with van der Waals surface area (Å²) in [5.74, 6) is -1.54. The van der Waals surface area contributed by atoms with Gasteiger partial charge in [0, 0.05) is 40.2 Å². The van der Waals surface area contributed by atoms with Gasteiger partial charge in [-0.1, -0.05) is 24.6 Å². The Morgan fingerprint density at radius 3 is 2.13 bits per heavy atom. The summed E-state index contributed by atoms with van der Waals surface area (Å²) in [7, 11) is 6.02. The van der Waals surface area contributed by atoms with E-state index in [9.17, 15) is 19.2 Å². The zero-order valence-corrected chi connectivity index (χ0v) is 31.5. The number of amides is 4. The van der Waals surface area contributed by atoms with Gasteiger partial charge in [-0.3, -0.25) is 15.0 Å². The molecule has 14 heteroatoms. The molecule has 13 nitrogen and oxygen atoms in total. The number of imide groups is 1. The molecule has 280 valence electrons. The van der Waals surface area contributed by atoms with Crippen molar-refractivity contribution in [3.63, 3.8) is 0 Å². The molecule has 3 aromatic rings. The van der Waals surface area contributed by atoms with Crippen molar-refractivity contribution in [2.24, 2.45) is 11.8 Å². The fourth-order valence-electron chi connectivity index (χ4n) is 6.14. The number of anilines is 1. The minimum Gasteiger partial charge on any atom is -0.496 e. The van der Waals surface area contributed by atoms with Crippen LogP contribution in [0.25, 0.3) is 0 Å². The lowest BCUT2D eigenvalue weighted by atomic mass is 9.85. The summed E-state index contributed by atoms with van der Waals surface area (Å²) >= 11 is 6.33. The molecular weight excluding hydrogens is 692 g/mol. The molecular formula is C38H47ClN4O9. The predicted molar refractivity (Wildman–Crippen MR) is 196 cm³/mol. The summed E-state index contributed by atoms with van der Waals surface area (Å²) in [5.41, 5.74) is 10.3. The Balaban J connectivity index is 1.68. The highest BCUT2D eigenvalue weighted by molar-refractivity contribution is 6.30. The number of rotatable bonds is 12. The zero-order chi connectivity index (χ0) is 38.3. The van der Waals surface area contributed by atoms with Crippen LogP contribution < -0.4 is 35.4 Å². The molecule has 0 radical (unpaired) electrons. The number of nitrogens with zero attached hydrogens (tertiary/aromatic N) is 1. The van der Waals surface area contributed by atoms with Gasteiger partial charge in [-0.15, -0.1) is 0 Å². The molecule has 0 unspecified atom stereocenters. The van der Waals surface area contributed by atoms with Crippen molar-refractivity contribution in [1.82, 2.24) is 15.8 Å². The van der Waals surface area contributed by atoms with Crippen molar-refractivity contribution >= 4 is 41.1 Å². The molecule has 0 aliphatic carbocycles. The van der Waals surface area contributed by atoms with Crippen LogP contribution in [0, 0.1) is 11.8 Å². The molecule has 0 spiro atoms. The van der Waals surface area contributed by atoms with Crippen molar-refractivity contribution in [2.45, 2.75) is 65.0 Å². The van der Waals surface area contributed by atoms with Crippen LogP contribution in [0.2, 0.25) is 5.02 Å². The maximum atomic E-state index is 14.3. The van der Waals surface area contributed by atoms with E-state index in [1.54, 1.807) is 63.2 Å². The summed E-state index contributed by atoms with van der Waals surface area (Å²) in [5, 5.41) is 4.02. The molecule has 0 saturated carbocycles. The summed E-state index contributed by atoms with van der Waals surface area (Å²) in [6, 6.07) is 11.7. The topological polar surface area (TPSA) is 168 Å². The normalized spacial score (nSPS) is 16.7. The first-order valence-corrected chi connectivity index (χ1v) is 17.2. The number of hydrogen-bond donors (Lipinski definition) is 3. The largest absolute Gasteiger partial charge is 0.496 e. The fourth-order valence-corrected chi connectivity index (χ4v) is 6.33. The number of methoxy groups -OCH3 is 4. The Morgan fingerprint density at radius 2 is 1.58 bits per heavy atom. The number of nitrogen functional groups attached to an aromatic ring is 1. The number of ether oxygens (including phenoxy) is 5. The van der Waals surface area contributed by atoms with Crippen LogP contribution in [0.3, 0.4) is 0 Å². The summed E-state index contributed by atoms with van der Waals surface area (Å²) in [6.45, 7) is 7.11. The van der Waals surface area contributed by atoms with Crippen molar-refractivity contribution < 1.29 is 42.9 Å². The van der Waals surface area contributed by atoms with E-state index in [4.69, 9.17) is 41.0 Å². The highest BCUT2D eigenvalue weighted by Crippen LogP contribution is 2.38. The van der Waals surface area contributed by atoms with Crippen LogP contribution in [-0.2, 0) is 27.2 Å². The first-order chi connectivity index (χ1) is 24.6. The standard InChI is InChI=1S/C38H47ClN4O9/c1-9-30(21-10-12-27(29(40)18-21)36(46)52-38(2,3)4)41-37(47)43-35(45)24(14-22-16-25(39)11-13-31(22)49-6)15-23(34(44)42-43)17-28-32(50-7)19-26(48-5)20-33(28)51-8/h10-13,16,18-20,23-24,30H,9,14-15,17,40H2,1-8H3,(H,41,47)(H,42,44)/t23-,24+,30+/m0/s1. The number of hydrogen-bond acceptors (Lipinski definition) is 10. The van der Waals surface area contributed by atoms with Crippen LogP contribution in [0.1, 0.15) is 73.6 Å². The molecule has 0 aromatic heterocycles. The third-order valence-corrected chi connectivity index (χ3v) is 8.95. The van der Waals surface area contributed by atoms with E-state index >= 15 is 0 Å². The lowest BCUT2D eigenvalue weighted by Gasteiger charge is -2.26. The Labute approximate surface area is 309 Å². The molecule has 1 fully saturated rings. The van der Waals surface area contributed by atoms with E-state index in [1.165, 1.54) is 34.5 Å². The first kappa shape index (κ1) is 39.6. The predicted octanol–water partition coefficient (Wildman–Crippen LogP) is 6.05. The molecule has 1 saturated heterocycles. The number of carbonyl (C=O) groups is 4. The zero-order valence-electron chi connectivity index (χ0n) is 30.8. The molecule has 4 N–H and O–H groups in total. The molecule has 1 aliphatic heterocycles. The smallest absolute Gasteiger partial charge is 0.343 e. The van der Waals surface area contributed by atoms with Crippen LogP contribution >= 0.6 is 11.6 Å². The van der Waals surface area contributed by atoms with Gasteiger partial charge < -0.3 is 34.7 Å². The highest BCUT2D eigenvalue weighted by atomic mass is 35.5. The number of benzene rings is 3. The Kier molecular flexibility index (Phi) is 12.9. The van der Waals surface area contributed by atoms with Gasteiger partial charge in [-0.05, 0) is 87.9 Å². The second kappa shape index (κ2) is 16.9. The number of carbonyl (C=O) groups excluding carboxylic acids is 4. The summed E-state index contributed by atoms with van der Waals surface area (Å²) < 4.78 is 27.7. The second-order valence-corrected chi connectivity index (χ2v) is 13.8. The van der Waals surface area contributed by atoms with Gasteiger partial charge in [0.1, 0.15) is 28.6 Å². The van der Waals surface area contributed by atoms with Crippen LogP contribution in [0.15, 0.2) is 48.5 Å². The maximum Gasteiger partial charge on any atom is 0.343 e. The van der Waals surface area contributed by atoms with Crippen molar-refractivity contribution in [1.29, 1.82) is 0 Å². The summed E-state index contributed by atoms with van der Waals surface area (Å²) in [6.07, 6.45) is 0.710. The van der Waals surface area contributed by atoms with E-state index < -0.39 is 47.3 Å². The quantitative estimate of drug-likeness (QED) is 0.147. The minimum atomic E-state index is -0.860. The minimum absolute atomic E-state index is 0.0717. The third-order valence-electron chi connectivity index (χ3n) is 8.71. The molecule has 4 rings (SSSR count). The molecule has 4 amide bonds. The summed E-state index contributed by atoms with van der Waals surface area (Å²) in [4.78, 5) is 54.9. The molecule has 3 atom stereocenters. The van der Waals surface area contributed by atoms with Crippen molar-refractivity contribution in [3.05, 3.63) is 75.8 Å². The Hall–Kier alpha value is -5.17. The van der Waals surface area contributed by atoms with Gasteiger partial charge in [0.25, 0.3) is 5.91 Å². The molecule has 52 heavy (non-hydrogen) atoms. The van der Waals surface area contributed by atoms with Gasteiger partial charge in [-0.25, -0.2) is 9.59 Å². The third kappa shape index (κ3) is 9.38. The van der Waals surface area contributed by atoms with Gasteiger partial charge in [0.05, 0.1) is 40.0 Å². The van der Waals surface area contributed by atoms with Crippen LogP contribution in [-0.4, -0.2) is 62.9 Å². The SMILES string of the molecule is CC[C@@H](NC(=O)N1NC(=O)[C@H](Cc2c(OC)cc(OC)cc2OC)C[C@@H](Cc2cc(Cl)ccc2OC)C1=O)c1ccc(C(=O)OC(C)(C)C)c(N)c1. The van der Waals surface area contributed by atoms with E-state index in [2.05, 4.69) is 10.7 Å². The van der Waals surface area contributed by atoms with Crippen molar-refractivity contribution in [2.75, 3.05) is 34.2 Å². The molecule has 0 bridgehead atoms. The average Bonchev–Trinajstić information content (AvgIpc) is 3.21. The number of halogens is 1. The van der Waals surface area contributed by atoms with Crippen LogP contribution in [0.5, 0.6) is 23.0 Å². The molecule has 1 aliphatic rings. The average molecular weight is 739 g/mol. The Bertz CT molecular complexity index is 1780. The van der Waals surface area contributed by atoms with Gasteiger partial charge >= 0.3 is 12.0 Å². The van der Waals surface area contributed by atoms with E-state index in [0.717, 1.165) is 5.01 Å². The van der Waals surface area contributed by atoms with Crippen molar-refractivity contribution in [3.8, 4) is 23.0 Å². The molecule has 1 heterocycles. The van der Waals surface area contributed by atoms with Gasteiger partial charge in [0.2, 0.25) is 5.91 Å². The maximum absolute atomic E-state index is 14.3. The lowest BCUT2D eigenvalue weighted by molar-refractivity contribution is -0.138. The number of hydrazine groups is 1. The van der Waals surface area contributed by atoms with Gasteiger partial charge in [-0.2, -0.15) is 5.01 Å². The van der Waals surface area contributed by atoms with Crippen LogP contribution in [0.4, 0.5) is 10.5 Å². The number of nitrogens with one attached hydrogen (secondary N) is 2. The Morgan fingerprint density at radius 1 is 0.923 bits per heavy atom. The van der Waals surface area contributed by atoms with E-state index in [0.29, 0.717) is 51.1 Å². The second-order valence-electron chi connectivity index (χ2n) is 13.4. The monoisotopic (exact) mass is 738 g/mol. The number of nitrogens with two attached hydrogens (primary N) is 1. The van der Waals surface area contributed by atoms with E-state index in [1.807, 2.05) is 6.92 Å².